The molecule has 1 amide bonds. The van der Waals surface area contributed by atoms with E-state index >= 15 is 0 Å². The molecule has 3 aromatic rings. The Kier molecular flexibility index (Phi) is 6.69. The fourth-order valence-corrected chi connectivity index (χ4v) is 4.37. The molecule has 0 bridgehead atoms. The van der Waals surface area contributed by atoms with E-state index in [-0.39, 0.29) is 10.9 Å². The zero-order chi connectivity index (χ0) is 23.5. The summed E-state index contributed by atoms with van der Waals surface area (Å²) in [6.07, 6.45) is -4.04. The molecule has 1 heterocycles. The lowest BCUT2D eigenvalue weighted by molar-refractivity contribution is -0.137. The van der Waals surface area contributed by atoms with Crippen LogP contribution in [0.2, 0.25) is 0 Å². The maximum Gasteiger partial charge on any atom is 0.416 e. The quantitative estimate of drug-likeness (QED) is 0.313. The molecule has 0 saturated heterocycles. The highest BCUT2D eigenvalue weighted by atomic mass is 32.2. The summed E-state index contributed by atoms with van der Waals surface area (Å²) in [6, 6.07) is 8.01. The summed E-state index contributed by atoms with van der Waals surface area (Å²) in [5.41, 5.74) is -1.93. The molecule has 0 spiro atoms. The van der Waals surface area contributed by atoms with Crippen molar-refractivity contribution in [3.8, 4) is 0 Å². The van der Waals surface area contributed by atoms with Crippen molar-refractivity contribution in [3.05, 3.63) is 76.5 Å². The van der Waals surface area contributed by atoms with Gasteiger partial charge in [-0.25, -0.2) is 17.8 Å². The first-order valence-corrected chi connectivity index (χ1v) is 11.1. The maximum absolute atomic E-state index is 12.9. The Balaban J connectivity index is 1.74. The van der Waals surface area contributed by atoms with Crippen LogP contribution in [0.5, 0.6) is 0 Å². The summed E-state index contributed by atoms with van der Waals surface area (Å²) in [6.45, 7) is 0. The van der Waals surface area contributed by atoms with E-state index in [1.807, 2.05) is 0 Å². The van der Waals surface area contributed by atoms with E-state index in [1.54, 1.807) is 0 Å². The zero-order valence-corrected chi connectivity index (χ0v) is 17.4. The van der Waals surface area contributed by atoms with E-state index in [2.05, 4.69) is 15.3 Å². The molecule has 7 nitrogen and oxygen atoms in total. The average Bonchev–Trinajstić information content (AvgIpc) is 2.73. The highest BCUT2D eigenvalue weighted by Gasteiger charge is 2.32. The lowest BCUT2D eigenvalue weighted by atomic mass is 10.2. The maximum atomic E-state index is 12.9. The minimum absolute atomic E-state index is 0.0766. The van der Waals surface area contributed by atoms with Crippen molar-refractivity contribution in [2.45, 2.75) is 21.1 Å². The van der Waals surface area contributed by atoms with Gasteiger partial charge in [0.2, 0.25) is 15.7 Å². The third-order valence-corrected chi connectivity index (χ3v) is 6.60. The average molecular weight is 487 g/mol. The lowest BCUT2D eigenvalue weighted by Gasteiger charge is -2.09. The highest BCUT2D eigenvalue weighted by Crippen LogP contribution is 2.31. The van der Waals surface area contributed by atoms with Gasteiger partial charge in [0.05, 0.1) is 22.4 Å². The van der Waals surface area contributed by atoms with E-state index in [4.69, 9.17) is 0 Å². The molecule has 0 fully saturated rings. The molecule has 1 aromatic heterocycles. The summed E-state index contributed by atoms with van der Waals surface area (Å²) in [4.78, 5) is 28.6. The number of benzene rings is 2. The molecule has 0 aliphatic carbocycles. The second-order valence-electron chi connectivity index (χ2n) is 6.25. The van der Waals surface area contributed by atoms with Gasteiger partial charge in [0.25, 0.3) is 5.56 Å². The number of amides is 1. The number of H-pyrrole nitrogens is 1. The van der Waals surface area contributed by atoms with Crippen LogP contribution in [0, 0.1) is 5.82 Å². The van der Waals surface area contributed by atoms with Gasteiger partial charge in [-0.15, -0.1) is 0 Å². The molecule has 3 rings (SSSR count). The number of carbonyl (C=O) groups is 1. The number of nitrogens with one attached hydrogen (secondary N) is 2. The Bertz CT molecular complexity index is 1310. The van der Waals surface area contributed by atoms with Crippen LogP contribution in [-0.2, 0) is 20.8 Å². The topological polar surface area (TPSA) is 109 Å². The first kappa shape index (κ1) is 23.5. The van der Waals surface area contributed by atoms with Gasteiger partial charge in [-0.05, 0) is 42.5 Å². The van der Waals surface area contributed by atoms with Gasteiger partial charge in [0.15, 0.2) is 10.1 Å². The fourth-order valence-electron chi connectivity index (χ4n) is 2.46. The molecule has 0 atom stereocenters. The van der Waals surface area contributed by atoms with Crippen molar-refractivity contribution in [2.75, 3.05) is 11.1 Å². The number of carbonyl (C=O) groups excluding carboxylic acids is 1. The van der Waals surface area contributed by atoms with E-state index in [0.29, 0.717) is 24.0 Å². The molecule has 13 heteroatoms. The third kappa shape index (κ3) is 5.53. The Morgan fingerprint density at radius 3 is 2.44 bits per heavy atom. The molecule has 2 aromatic carbocycles. The smallest absolute Gasteiger partial charge is 0.325 e. The van der Waals surface area contributed by atoms with Crippen LogP contribution < -0.4 is 10.9 Å². The number of sulfone groups is 1. The van der Waals surface area contributed by atoms with Gasteiger partial charge in [-0.1, -0.05) is 17.8 Å². The van der Waals surface area contributed by atoms with Crippen molar-refractivity contribution in [1.82, 2.24) is 9.97 Å². The summed E-state index contributed by atoms with van der Waals surface area (Å²) in [5, 5.41) is 2.42. The normalized spacial score (nSPS) is 11.9. The fraction of sp³-hybridized carbons (Fsp3) is 0.105. The number of aromatic nitrogens is 2. The second-order valence-corrected chi connectivity index (χ2v) is 9.14. The molecule has 0 aliphatic heterocycles. The first-order chi connectivity index (χ1) is 15.0. The molecule has 0 saturated carbocycles. The minimum atomic E-state index is -4.76. The van der Waals surface area contributed by atoms with Gasteiger partial charge in [-0.2, -0.15) is 13.2 Å². The first-order valence-electron chi connectivity index (χ1n) is 8.67. The molecular weight excluding hydrogens is 474 g/mol. The van der Waals surface area contributed by atoms with Crippen molar-refractivity contribution < 1.29 is 30.8 Å². The van der Waals surface area contributed by atoms with E-state index in [1.165, 1.54) is 12.1 Å². The molecule has 32 heavy (non-hydrogen) atoms. The molecule has 0 aliphatic rings. The van der Waals surface area contributed by atoms with Crippen molar-refractivity contribution in [2.24, 2.45) is 0 Å². The number of halogens is 4. The lowest BCUT2D eigenvalue weighted by Crippen LogP contribution is -2.20. The second kappa shape index (κ2) is 9.12. The molecule has 2 N–H and O–H groups in total. The predicted octanol–water partition coefficient (Wildman–Crippen LogP) is 3.49. The van der Waals surface area contributed by atoms with E-state index in [9.17, 15) is 35.6 Å². The van der Waals surface area contributed by atoms with Crippen LogP contribution in [0.15, 0.2) is 74.5 Å². The summed E-state index contributed by atoms with van der Waals surface area (Å²) >= 11 is 0.790. The Labute approximate surface area is 182 Å². The summed E-state index contributed by atoms with van der Waals surface area (Å²) in [5.74, 6) is -1.18. The monoisotopic (exact) mass is 487 g/mol. The zero-order valence-electron chi connectivity index (χ0n) is 15.8. The number of rotatable bonds is 6. The molecule has 0 radical (unpaired) electrons. The van der Waals surface area contributed by atoms with Crippen LogP contribution in [0.25, 0.3) is 0 Å². The van der Waals surface area contributed by atoms with Crippen molar-refractivity contribution in [1.29, 1.82) is 0 Å². The summed E-state index contributed by atoms with van der Waals surface area (Å²) < 4.78 is 76.7. The van der Waals surface area contributed by atoms with Gasteiger partial charge < -0.3 is 10.3 Å². The van der Waals surface area contributed by atoms with E-state index < -0.39 is 48.7 Å². The number of hydrogen-bond acceptors (Lipinski definition) is 6. The molecule has 168 valence electrons. The Morgan fingerprint density at radius 2 is 1.81 bits per heavy atom. The number of thioether (sulfide) groups is 1. The Morgan fingerprint density at radius 1 is 1.12 bits per heavy atom. The third-order valence-electron chi connectivity index (χ3n) is 3.97. The number of alkyl halides is 3. The van der Waals surface area contributed by atoms with Gasteiger partial charge in [-0.3, -0.25) is 9.59 Å². The van der Waals surface area contributed by atoms with Crippen LogP contribution in [-0.4, -0.2) is 30.0 Å². The SMILES string of the molecule is O=C(CSc1ncc(S(=O)(=O)c2cccc(C(F)(F)F)c2)c(=O)[nH]1)Nc1ccc(F)cc1. The Hall–Kier alpha value is -3.19. The number of anilines is 1. The van der Waals surface area contributed by atoms with Crippen LogP contribution in [0.4, 0.5) is 23.2 Å². The van der Waals surface area contributed by atoms with Crippen LogP contribution in [0.1, 0.15) is 5.56 Å². The van der Waals surface area contributed by atoms with E-state index in [0.717, 1.165) is 36.0 Å². The van der Waals surface area contributed by atoms with Gasteiger partial charge in [0.1, 0.15) is 5.82 Å². The van der Waals surface area contributed by atoms with Gasteiger partial charge in [0, 0.05) is 5.69 Å². The summed E-state index contributed by atoms with van der Waals surface area (Å²) in [7, 11) is -4.57. The van der Waals surface area contributed by atoms with Crippen molar-refractivity contribution >= 4 is 33.2 Å². The highest BCUT2D eigenvalue weighted by molar-refractivity contribution is 7.99. The van der Waals surface area contributed by atoms with Crippen molar-refractivity contribution in [3.63, 3.8) is 0 Å². The number of nitrogens with zero attached hydrogens (tertiary/aromatic N) is 1. The van der Waals surface area contributed by atoms with Gasteiger partial charge >= 0.3 is 6.18 Å². The molecular formula is C19H13F4N3O4S2. The largest absolute Gasteiger partial charge is 0.416 e. The minimum Gasteiger partial charge on any atom is -0.325 e. The number of aromatic amines is 1. The van der Waals surface area contributed by atoms with Crippen LogP contribution >= 0.6 is 11.8 Å². The van der Waals surface area contributed by atoms with Crippen LogP contribution in [0.3, 0.4) is 0 Å². The number of hydrogen-bond donors (Lipinski definition) is 2. The predicted molar refractivity (Wildman–Crippen MR) is 108 cm³/mol. The molecule has 0 unspecified atom stereocenters. The standard InChI is InChI=1S/C19H13F4N3O4S2/c20-12-4-6-13(7-5-12)25-16(27)10-31-18-24-9-15(17(28)26-18)32(29,30)14-3-1-2-11(8-14)19(21,22)23/h1-9H,10H2,(H,25,27)(H,24,26,28).